The average molecular weight is 411 g/mol. The Bertz CT molecular complexity index is 1010. The van der Waals surface area contributed by atoms with Crippen molar-refractivity contribution in [2.45, 2.75) is 26.2 Å². The van der Waals surface area contributed by atoms with E-state index >= 15 is 0 Å². The monoisotopic (exact) mass is 410 g/mol. The maximum absolute atomic E-state index is 13.2. The summed E-state index contributed by atoms with van der Waals surface area (Å²) in [5, 5.41) is 5.85. The predicted molar refractivity (Wildman–Crippen MR) is 118 cm³/mol. The van der Waals surface area contributed by atoms with Crippen LogP contribution in [0.4, 0.5) is 10.7 Å². The number of nitrogens with one attached hydrogen (secondary N) is 1. The van der Waals surface area contributed by atoms with Crippen LogP contribution >= 0.6 is 22.7 Å². The van der Waals surface area contributed by atoms with Crippen molar-refractivity contribution in [3.63, 3.8) is 0 Å². The maximum Gasteiger partial charge on any atom is 0.259 e. The number of fused-ring (bicyclic) bond motifs is 1. The SMILES string of the molecule is COc1ccccc1NC(=O)c1c(/N=C/c2cccs2)sc2c1CCC(C)C2. The minimum atomic E-state index is -0.116. The van der Waals surface area contributed by atoms with E-state index in [-0.39, 0.29) is 5.91 Å². The predicted octanol–water partition coefficient (Wildman–Crippen LogP) is 5.95. The standard InChI is InChI=1S/C22H22N2O2S2/c1-14-9-10-16-19(12-14)28-22(23-13-15-6-5-11-27-15)20(16)21(25)24-17-7-3-4-8-18(17)26-2/h3-8,11,13-14H,9-10,12H2,1-2H3,(H,24,25)/b23-13+. The Balaban J connectivity index is 1.70. The first-order valence-electron chi connectivity index (χ1n) is 9.32. The lowest BCUT2D eigenvalue weighted by Gasteiger charge is -2.18. The summed E-state index contributed by atoms with van der Waals surface area (Å²) in [7, 11) is 1.61. The first kappa shape index (κ1) is 18.9. The second-order valence-electron chi connectivity index (χ2n) is 6.96. The molecule has 1 aromatic carbocycles. The molecule has 4 rings (SSSR count). The molecule has 1 aliphatic carbocycles. The Morgan fingerprint density at radius 1 is 1.29 bits per heavy atom. The molecule has 144 valence electrons. The number of thiophene rings is 2. The number of ether oxygens (including phenoxy) is 1. The molecule has 1 unspecified atom stereocenters. The third kappa shape index (κ3) is 3.88. The number of carbonyl (C=O) groups excluding carboxylic acids is 1. The number of nitrogens with zero attached hydrogens (tertiary/aromatic N) is 1. The van der Waals surface area contributed by atoms with Gasteiger partial charge < -0.3 is 10.1 Å². The molecule has 0 bridgehead atoms. The van der Waals surface area contributed by atoms with Crippen molar-refractivity contribution in [2.75, 3.05) is 12.4 Å². The minimum absolute atomic E-state index is 0.116. The van der Waals surface area contributed by atoms with Gasteiger partial charge in [-0.25, -0.2) is 4.99 Å². The molecule has 0 saturated heterocycles. The number of amides is 1. The van der Waals surface area contributed by atoms with Crippen LogP contribution < -0.4 is 10.1 Å². The summed E-state index contributed by atoms with van der Waals surface area (Å²) in [6.45, 7) is 2.27. The van der Waals surface area contributed by atoms with E-state index in [0.29, 0.717) is 22.9 Å². The number of methoxy groups -OCH3 is 1. The van der Waals surface area contributed by atoms with Crippen molar-refractivity contribution in [1.82, 2.24) is 0 Å². The zero-order valence-corrected chi connectivity index (χ0v) is 17.5. The molecule has 1 amide bonds. The van der Waals surface area contributed by atoms with E-state index in [1.807, 2.05) is 48.0 Å². The van der Waals surface area contributed by atoms with E-state index in [9.17, 15) is 4.79 Å². The highest BCUT2D eigenvalue weighted by Crippen LogP contribution is 2.41. The Morgan fingerprint density at radius 3 is 2.93 bits per heavy atom. The zero-order valence-electron chi connectivity index (χ0n) is 15.9. The van der Waals surface area contributed by atoms with Gasteiger partial charge in [-0.3, -0.25) is 4.79 Å². The maximum atomic E-state index is 13.2. The number of hydrogen-bond acceptors (Lipinski definition) is 5. The molecule has 1 aliphatic rings. The van der Waals surface area contributed by atoms with Crippen molar-refractivity contribution in [1.29, 1.82) is 0 Å². The number of hydrogen-bond donors (Lipinski definition) is 1. The summed E-state index contributed by atoms with van der Waals surface area (Å²) < 4.78 is 5.38. The van der Waals surface area contributed by atoms with Crippen LogP contribution in [0.2, 0.25) is 0 Å². The smallest absolute Gasteiger partial charge is 0.259 e. The van der Waals surface area contributed by atoms with Gasteiger partial charge in [-0.05, 0) is 54.3 Å². The van der Waals surface area contributed by atoms with Crippen LogP contribution in [0, 0.1) is 5.92 Å². The molecule has 4 nitrogen and oxygen atoms in total. The summed E-state index contributed by atoms with van der Waals surface area (Å²) in [5.41, 5.74) is 2.55. The lowest BCUT2D eigenvalue weighted by atomic mass is 9.88. The molecule has 1 atom stereocenters. The Labute approximate surface area is 172 Å². The Hall–Kier alpha value is -2.44. The van der Waals surface area contributed by atoms with Crippen molar-refractivity contribution in [2.24, 2.45) is 10.9 Å². The first-order chi connectivity index (χ1) is 13.7. The van der Waals surface area contributed by atoms with Crippen molar-refractivity contribution >= 4 is 45.5 Å². The van der Waals surface area contributed by atoms with Crippen LogP contribution in [0.3, 0.4) is 0 Å². The summed E-state index contributed by atoms with van der Waals surface area (Å²) in [5.74, 6) is 1.18. The molecule has 6 heteroatoms. The van der Waals surface area contributed by atoms with Crippen LogP contribution in [-0.2, 0) is 12.8 Å². The van der Waals surface area contributed by atoms with Gasteiger partial charge in [-0.2, -0.15) is 0 Å². The fourth-order valence-corrected chi connectivity index (χ4v) is 5.42. The van der Waals surface area contributed by atoms with E-state index in [1.54, 1.807) is 29.8 Å². The van der Waals surface area contributed by atoms with Crippen LogP contribution in [0.1, 0.15) is 39.0 Å². The third-order valence-electron chi connectivity index (χ3n) is 4.93. The Kier molecular flexibility index (Phi) is 5.59. The van der Waals surface area contributed by atoms with Gasteiger partial charge in [-0.15, -0.1) is 22.7 Å². The van der Waals surface area contributed by atoms with Gasteiger partial charge >= 0.3 is 0 Å². The molecule has 1 N–H and O–H groups in total. The van der Waals surface area contributed by atoms with Crippen LogP contribution in [0.5, 0.6) is 5.75 Å². The second kappa shape index (κ2) is 8.29. The molecule has 2 aromatic heterocycles. The second-order valence-corrected chi connectivity index (χ2v) is 9.02. The van der Waals surface area contributed by atoms with E-state index in [1.165, 1.54) is 4.88 Å². The first-order valence-corrected chi connectivity index (χ1v) is 11.0. The molecule has 28 heavy (non-hydrogen) atoms. The number of carbonyl (C=O) groups is 1. The Morgan fingerprint density at radius 2 is 2.14 bits per heavy atom. The number of benzene rings is 1. The summed E-state index contributed by atoms with van der Waals surface area (Å²) >= 11 is 3.29. The number of aliphatic imine (C=N–C) groups is 1. The molecule has 0 fully saturated rings. The van der Waals surface area contributed by atoms with Crippen LogP contribution in [-0.4, -0.2) is 19.2 Å². The third-order valence-corrected chi connectivity index (χ3v) is 6.90. The van der Waals surface area contributed by atoms with Gasteiger partial charge in [0, 0.05) is 16.0 Å². The van der Waals surface area contributed by atoms with E-state index in [4.69, 9.17) is 9.73 Å². The molecular weight excluding hydrogens is 388 g/mol. The van der Waals surface area contributed by atoms with Crippen molar-refractivity contribution < 1.29 is 9.53 Å². The molecule has 0 radical (unpaired) electrons. The number of anilines is 1. The van der Waals surface area contributed by atoms with Crippen molar-refractivity contribution in [3.05, 3.63) is 62.7 Å². The van der Waals surface area contributed by atoms with Gasteiger partial charge in [0.25, 0.3) is 5.91 Å². The highest BCUT2D eigenvalue weighted by atomic mass is 32.1. The largest absolute Gasteiger partial charge is 0.495 e. The highest BCUT2D eigenvalue weighted by molar-refractivity contribution is 7.16. The lowest BCUT2D eigenvalue weighted by molar-refractivity contribution is 0.102. The molecular formula is C22H22N2O2S2. The number of rotatable bonds is 5. The van der Waals surface area contributed by atoms with Gasteiger partial charge in [0.15, 0.2) is 0 Å². The fourth-order valence-electron chi connectivity index (χ4n) is 3.48. The van der Waals surface area contributed by atoms with Gasteiger partial charge in [0.2, 0.25) is 0 Å². The quantitative estimate of drug-likeness (QED) is 0.529. The summed E-state index contributed by atoms with van der Waals surface area (Å²) in [6.07, 6.45) is 4.90. The molecule has 0 spiro atoms. The molecule has 0 saturated carbocycles. The fraction of sp³-hybridized carbons (Fsp3) is 0.273. The van der Waals surface area contributed by atoms with Gasteiger partial charge in [-0.1, -0.05) is 25.1 Å². The normalized spacial score (nSPS) is 16.1. The average Bonchev–Trinajstić information content (AvgIpc) is 3.33. The molecule has 0 aliphatic heterocycles. The topological polar surface area (TPSA) is 50.7 Å². The highest BCUT2D eigenvalue weighted by Gasteiger charge is 2.27. The zero-order chi connectivity index (χ0) is 19.5. The van der Waals surface area contributed by atoms with E-state index in [0.717, 1.165) is 34.7 Å². The van der Waals surface area contributed by atoms with E-state index < -0.39 is 0 Å². The van der Waals surface area contributed by atoms with Gasteiger partial charge in [0.1, 0.15) is 10.8 Å². The summed E-state index contributed by atoms with van der Waals surface area (Å²) in [4.78, 5) is 20.3. The lowest BCUT2D eigenvalue weighted by Crippen LogP contribution is -2.17. The van der Waals surface area contributed by atoms with E-state index in [2.05, 4.69) is 12.2 Å². The molecule has 2 heterocycles. The minimum Gasteiger partial charge on any atom is -0.495 e. The van der Waals surface area contributed by atoms with Crippen LogP contribution in [0.15, 0.2) is 46.8 Å². The number of para-hydroxylation sites is 2. The van der Waals surface area contributed by atoms with Crippen LogP contribution in [0.25, 0.3) is 0 Å². The molecule has 3 aromatic rings. The van der Waals surface area contributed by atoms with Crippen molar-refractivity contribution in [3.8, 4) is 5.75 Å². The summed E-state index contributed by atoms with van der Waals surface area (Å²) in [6, 6.07) is 11.5. The van der Waals surface area contributed by atoms with Gasteiger partial charge in [0.05, 0.1) is 18.4 Å².